The van der Waals surface area contributed by atoms with E-state index in [1.165, 1.54) is 29.9 Å². The molecule has 126 valence electrons. The van der Waals surface area contributed by atoms with Crippen molar-refractivity contribution in [2.75, 3.05) is 12.4 Å². The van der Waals surface area contributed by atoms with Crippen LogP contribution in [0.15, 0.2) is 35.3 Å². The van der Waals surface area contributed by atoms with Gasteiger partial charge in [-0.25, -0.2) is 0 Å². The highest BCUT2D eigenvalue weighted by Gasteiger charge is 2.12. The van der Waals surface area contributed by atoms with Crippen LogP contribution in [0.4, 0.5) is 5.69 Å². The Labute approximate surface area is 144 Å². The van der Waals surface area contributed by atoms with Crippen LogP contribution in [0.2, 0.25) is 5.02 Å². The minimum Gasteiger partial charge on any atom is -0.355 e. The second kappa shape index (κ2) is 7.31. The van der Waals surface area contributed by atoms with E-state index in [0.29, 0.717) is 16.3 Å². The van der Waals surface area contributed by atoms with Crippen LogP contribution in [0, 0.1) is 13.8 Å². The van der Waals surface area contributed by atoms with Gasteiger partial charge in [-0.15, -0.1) is 0 Å². The molecule has 1 aromatic heterocycles. The molecule has 0 saturated heterocycles. The molecule has 7 heteroatoms. The van der Waals surface area contributed by atoms with E-state index in [-0.39, 0.29) is 18.0 Å². The van der Waals surface area contributed by atoms with Crippen molar-refractivity contribution < 1.29 is 9.59 Å². The van der Waals surface area contributed by atoms with Gasteiger partial charge in [0.25, 0.3) is 11.5 Å². The fourth-order valence-corrected chi connectivity index (χ4v) is 2.71. The molecule has 2 amide bonds. The van der Waals surface area contributed by atoms with E-state index in [4.69, 9.17) is 11.6 Å². The van der Waals surface area contributed by atoms with Crippen LogP contribution in [-0.2, 0) is 11.3 Å². The molecule has 0 aliphatic heterocycles. The zero-order chi connectivity index (χ0) is 17.9. The summed E-state index contributed by atoms with van der Waals surface area (Å²) in [6.45, 7) is 3.54. The first-order valence-electron chi connectivity index (χ1n) is 7.31. The van der Waals surface area contributed by atoms with Gasteiger partial charge in [0, 0.05) is 19.3 Å². The lowest BCUT2D eigenvalue weighted by atomic mass is 10.1. The summed E-state index contributed by atoms with van der Waals surface area (Å²) < 4.78 is 1.18. The number of nitrogens with one attached hydrogen (secondary N) is 2. The maximum atomic E-state index is 12.2. The summed E-state index contributed by atoms with van der Waals surface area (Å²) in [5.74, 6) is -0.735. The predicted molar refractivity (Wildman–Crippen MR) is 93.6 cm³/mol. The largest absolute Gasteiger partial charge is 0.355 e. The Morgan fingerprint density at radius 2 is 1.92 bits per heavy atom. The van der Waals surface area contributed by atoms with Crippen LogP contribution in [0.5, 0.6) is 0 Å². The van der Waals surface area contributed by atoms with Crippen molar-refractivity contribution in [1.82, 2.24) is 9.88 Å². The molecular formula is C17H18ClN3O3. The van der Waals surface area contributed by atoms with Crippen molar-refractivity contribution >= 4 is 29.1 Å². The smallest absolute Gasteiger partial charge is 0.252 e. The maximum absolute atomic E-state index is 12.2. The van der Waals surface area contributed by atoms with Crippen molar-refractivity contribution in [3.63, 3.8) is 0 Å². The SMILES string of the molecule is CNC(=O)c1ccc(=O)n(CC(=O)Nc2c(C)cc(C)cc2Cl)c1. The van der Waals surface area contributed by atoms with Gasteiger partial charge in [-0.3, -0.25) is 14.4 Å². The monoisotopic (exact) mass is 347 g/mol. The number of hydrogen-bond acceptors (Lipinski definition) is 3. The average Bonchev–Trinajstić information content (AvgIpc) is 2.52. The van der Waals surface area contributed by atoms with Gasteiger partial charge < -0.3 is 15.2 Å². The molecule has 0 unspecified atom stereocenters. The second-order valence-electron chi connectivity index (χ2n) is 5.45. The predicted octanol–water partition coefficient (Wildman–Crippen LogP) is 2.12. The Morgan fingerprint density at radius 3 is 2.54 bits per heavy atom. The summed E-state index contributed by atoms with van der Waals surface area (Å²) in [4.78, 5) is 35.7. The summed E-state index contributed by atoms with van der Waals surface area (Å²) >= 11 is 6.16. The molecule has 0 fully saturated rings. The molecule has 0 aliphatic carbocycles. The Bertz CT molecular complexity index is 835. The summed E-state index contributed by atoms with van der Waals surface area (Å²) in [6.07, 6.45) is 1.35. The Kier molecular flexibility index (Phi) is 5.41. The number of anilines is 1. The molecule has 0 bridgehead atoms. The number of carbonyl (C=O) groups is 2. The molecule has 0 radical (unpaired) electrons. The number of aryl methyl sites for hydroxylation is 2. The average molecular weight is 348 g/mol. The van der Waals surface area contributed by atoms with Crippen LogP contribution >= 0.6 is 11.6 Å². The first-order valence-corrected chi connectivity index (χ1v) is 7.68. The number of halogens is 1. The summed E-state index contributed by atoms with van der Waals surface area (Å²) in [6, 6.07) is 6.32. The fraction of sp³-hybridized carbons (Fsp3) is 0.235. The van der Waals surface area contributed by atoms with Crippen molar-refractivity contribution in [2.45, 2.75) is 20.4 Å². The second-order valence-corrected chi connectivity index (χ2v) is 5.86. The van der Waals surface area contributed by atoms with E-state index in [0.717, 1.165) is 11.1 Å². The van der Waals surface area contributed by atoms with Crippen molar-refractivity contribution in [3.05, 3.63) is 62.5 Å². The third-order valence-corrected chi connectivity index (χ3v) is 3.78. The third kappa shape index (κ3) is 4.02. The normalized spacial score (nSPS) is 10.3. The summed E-state index contributed by atoms with van der Waals surface area (Å²) in [7, 11) is 1.49. The third-order valence-electron chi connectivity index (χ3n) is 3.48. The number of carbonyl (C=O) groups excluding carboxylic acids is 2. The molecule has 1 aromatic carbocycles. The number of rotatable bonds is 4. The Balaban J connectivity index is 2.22. The summed E-state index contributed by atoms with van der Waals surface area (Å²) in [5.41, 5.74) is 2.27. The molecular weight excluding hydrogens is 330 g/mol. The summed E-state index contributed by atoms with van der Waals surface area (Å²) in [5, 5.41) is 5.62. The van der Waals surface area contributed by atoms with Gasteiger partial charge in [0.2, 0.25) is 5.91 Å². The first-order chi connectivity index (χ1) is 11.3. The Hall–Kier alpha value is -2.60. The molecule has 1 heterocycles. The van der Waals surface area contributed by atoms with Gasteiger partial charge in [0.15, 0.2) is 0 Å². The van der Waals surface area contributed by atoms with E-state index in [1.54, 1.807) is 6.07 Å². The molecule has 2 aromatic rings. The number of hydrogen-bond donors (Lipinski definition) is 2. The molecule has 0 saturated carbocycles. The number of amides is 2. The van der Waals surface area contributed by atoms with E-state index in [2.05, 4.69) is 10.6 Å². The topological polar surface area (TPSA) is 80.2 Å². The number of nitrogens with zero attached hydrogens (tertiary/aromatic N) is 1. The zero-order valence-electron chi connectivity index (χ0n) is 13.6. The van der Waals surface area contributed by atoms with E-state index in [9.17, 15) is 14.4 Å². The van der Waals surface area contributed by atoms with Crippen LogP contribution in [0.1, 0.15) is 21.5 Å². The highest BCUT2D eigenvalue weighted by atomic mass is 35.5. The standard InChI is InChI=1S/C17H18ClN3O3/c1-10-6-11(2)16(13(18)7-10)20-14(22)9-21-8-12(17(24)19-3)4-5-15(21)23/h4-8H,9H2,1-3H3,(H,19,24)(H,20,22). The van der Waals surface area contributed by atoms with Gasteiger partial charge in [-0.2, -0.15) is 0 Å². The van der Waals surface area contributed by atoms with Gasteiger partial charge >= 0.3 is 0 Å². The van der Waals surface area contributed by atoms with E-state index >= 15 is 0 Å². The molecule has 0 aliphatic rings. The van der Waals surface area contributed by atoms with E-state index < -0.39 is 5.91 Å². The number of aromatic nitrogens is 1. The lowest BCUT2D eigenvalue weighted by Gasteiger charge is -2.13. The molecule has 2 N–H and O–H groups in total. The van der Waals surface area contributed by atoms with Gasteiger partial charge in [-0.1, -0.05) is 17.7 Å². The quantitative estimate of drug-likeness (QED) is 0.889. The van der Waals surface area contributed by atoms with E-state index in [1.807, 2.05) is 19.9 Å². The lowest BCUT2D eigenvalue weighted by molar-refractivity contribution is -0.116. The van der Waals surface area contributed by atoms with Crippen molar-refractivity contribution in [3.8, 4) is 0 Å². The van der Waals surface area contributed by atoms with Crippen LogP contribution in [0.3, 0.4) is 0 Å². The zero-order valence-corrected chi connectivity index (χ0v) is 14.4. The number of pyridine rings is 1. The van der Waals surface area contributed by atoms with Gasteiger partial charge in [0.1, 0.15) is 6.54 Å². The van der Waals surface area contributed by atoms with Crippen LogP contribution < -0.4 is 16.2 Å². The van der Waals surface area contributed by atoms with Crippen LogP contribution in [0.25, 0.3) is 0 Å². The highest BCUT2D eigenvalue weighted by molar-refractivity contribution is 6.34. The molecule has 6 nitrogen and oxygen atoms in total. The first kappa shape index (κ1) is 17.7. The van der Waals surface area contributed by atoms with Crippen LogP contribution in [-0.4, -0.2) is 23.4 Å². The van der Waals surface area contributed by atoms with Crippen molar-refractivity contribution in [2.24, 2.45) is 0 Å². The molecule has 0 spiro atoms. The highest BCUT2D eigenvalue weighted by Crippen LogP contribution is 2.27. The fourth-order valence-electron chi connectivity index (χ4n) is 2.34. The van der Waals surface area contributed by atoms with Crippen molar-refractivity contribution in [1.29, 1.82) is 0 Å². The minimum atomic E-state index is -0.403. The molecule has 24 heavy (non-hydrogen) atoms. The van der Waals surface area contributed by atoms with Gasteiger partial charge in [0.05, 0.1) is 16.3 Å². The van der Waals surface area contributed by atoms with Gasteiger partial charge in [-0.05, 0) is 37.1 Å². The number of benzene rings is 1. The Morgan fingerprint density at radius 1 is 1.21 bits per heavy atom. The minimum absolute atomic E-state index is 0.215. The molecule has 2 rings (SSSR count). The maximum Gasteiger partial charge on any atom is 0.252 e. The molecule has 0 atom stereocenters. The lowest BCUT2D eigenvalue weighted by Crippen LogP contribution is -2.29.